The second kappa shape index (κ2) is 8.24. The first-order valence-electron chi connectivity index (χ1n) is 11.2. The smallest absolute Gasteiger partial charge is 0.249 e. The Bertz CT molecular complexity index is 1050. The van der Waals surface area contributed by atoms with Crippen LogP contribution in [0.5, 0.6) is 0 Å². The number of imide groups is 1. The predicted octanol–water partition coefficient (Wildman–Crippen LogP) is 3.41. The minimum Gasteiger partial charge on any atom is -0.299 e. The van der Waals surface area contributed by atoms with Crippen LogP contribution in [0.25, 0.3) is 0 Å². The molecule has 7 nitrogen and oxygen atoms in total. The molecular formula is C24H26N4O3S. The van der Waals surface area contributed by atoms with E-state index in [1.807, 2.05) is 44.2 Å². The van der Waals surface area contributed by atoms with Gasteiger partial charge in [-0.25, -0.2) is 0 Å². The van der Waals surface area contributed by atoms with Gasteiger partial charge in [-0.3, -0.25) is 24.6 Å². The average molecular weight is 451 g/mol. The highest BCUT2D eigenvalue weighted by Gasteiger charge is 2.58. The van der Waals surface area contributed by atoms with Crippen LogP contribution < -0.4 is 5.32 Å². The first-order valence-corrected chi connectivity index (χ1v) is 12.0. The summed E-state index contributed by atoms with van der Waals surface area (Å²) in [6, 6.07) is 8.57. The van der Waals surface area contributed by atoms with E-state index in [4.69, 9.17) is 0 Å². The van der Waals surface area contributed by atoms with Gasteiger partial charge in [0.1, 0.15) is 11.0 Å². The summed E-state index contributed by atoms with van der Waals surface area (Å²) >= 11 is 1.32. The Labute approximate surface area is 190 Å². The minimum absolute atomic E-state index is 0.0867. The highest BCUT2D eigenvalue weighted by atomic mass is 32.1. The van der Waals surface area contributed by atoms with Crippen molar-refractivity contribution in [1.82, 2.24) is 15.1 Å². The van der Waals surface area contributed by atoms with Crippen molar-refractivity contribution in [2.24, 2.45) is 23.7 Å². The molecule has 1 aromatic carbocycles. The lowest BCUT2D eigenvalue weighted by atomic mass is 9.63. The highest BCUT2D eigenvalue weighted by Crippen LogP contribution is 2.50. The van der Waals surface area contributed by atoms with Gasteiger partial charge in [0.2, 0.25) is 22.9 Å². The largest absolute Gasteiger partial charge is 0.299 e. The Kier molecular flexibility index (Phi) is 5.41. The van der Waals surface area contributed by atoms with Crippen LogP contribution in [-0.2, 0) is 20.8 Å². The molecule has 0 spiro atoms. The van der Waals surface area contributed by atoms with Crippen LogP contribution in [0.4, 0.5) is 5.13 Å². The van der Waals surface area contributed by atoms with Gasteiger partial charge in [0.25, 0.3) is 0 Å². The van der Waals surface area contributed by atoms with E-state index in [2.05, 4.69) is 27.7 Å². The normalized spacial score (nSPS) is 27.2. The highest BCUT2D eigenvalue weighted by molar-refractivity contribution is 7.15. The molecule has 1 saturated heterocycles. The molecule has 1 N–H and O–H groups in total. The van der Waals surface area contributed by atoms with E-state index in [0.29, 0.717) is 5.13 Å². The molecular weight excluding hydrogens is 424 g/mol. The van der Waals surface area contributed by atoms with Crippen molar-refractivity contribution in [3.05, 3.63) is 53.1 Å². The van der Waals surface area contributed by atoms with Gasteiger partial charge in [0.15, 0.2) is 0 Å². The first kappa shape index (κ1) is 21.0. The van der Waals surface area contributed by atoms with Crippen LogP contribution in [0, 0.1) is 23.7 Å². The number of likely N-dealkylation sites (tertiary alicyclic amines) is 1. The maximum Gasteiger partial charge on any atom is 0.249 e. The second-order valence-electron chi connectivity index (χ2n) is 9.18. The van der Waals surface area contributed by atoms with Crippen LogP contribution in [0.3, 0.4) is 0 Å². The predicted molar refractivity (Wildman–Crippen MR) is 121 cm³/mol. The molecule has 4 aliphatic rings. The quantitative estimate of drug-likeness (QED) is 0.538. The summed E-state index contributed by atoms with van der Waals surface area (Å²) in [7, 11) is 0. The number of carbonyl (C=O) groups is 3. The van der Waals surface area contributed by atoms with E-state index in [-0.39, 0.29) is 47.8 Å². The number of benzene rings is 1. The fourth-order valence-corrected chi connectivity index (χ4v) is 6.00. The van der Waals surface area contributed by atoms with Crippen molar-refractivity contribution in [2.75, 3.05) is 5.32 Å². The van der Waals surface area contributed by atoms with Gasteiger partial charge in [-0.05, 0) is 30.2 Å². The van der Waals surface area contributed by atoms with Crippen molar-refractivity contribution in [1.29, 1.82) is 0 Å². The zero-order valence-electron chi connectivity index (χ0n) is 18.1. The number of amides is 3. The Balaban J connectivity index is 1.45. The summed E-state index contributed by atoms with van der Waals surface area (Å²) in [5, 5.41) is 12.2. The van der Waals surface area contributed by atoms with Crippen molar-refractivity contribution in [3.63, 3.8) is 0 Å². The topological polar surface area (TPSA) is 92.3 Å². The van der Waals surface area contributed by atoms with E-state index in [1.165, 1.54) is 16.2 Å². The molecule has 2 fully saturated rings. The van der Waals surface area contributed by atoms with E-state index >= 15 is 0 Å². The van der Waals surface area contributed by atoms with Gasteiger partial charge in [-0.2, -0.15) is 0 Å². The van der Waals surface area contributed by atoms with Crippen molar-refractivity contribution in [3.8, 4) is 0 Å². The number of nitrogens with zero attached hydrogens (tertiary/aromatic N) is 3. The van der Waals surface area contributed by atoms with E-state index in [0.717, 1.165) is 23.4 Å². The molecule has 8 heteroatoms. The molecule has 0 radical (unpaired) electrons. The maximum absolute atomic E-state index is 13.5. The number of hydrogen-bond donors (Lipinski definition) is 1. The molecule has 2 aromatic rings. The molecule has 5 atom stereocenters. The van der Waals surface area contributed by atoms with Gasteiger partial charge >= 0.3 is 0 Å². The van der Waals surface area contributed by atoms with Crippen LogP contribution in [0.2, 0.25) is 0 Å². The lowest BCUT2D eigenvalue weighted by Gasteiger charge is -2.38. The van der Waals surface area contributed by atoms with E-state index < -0.39 is 11.9 Å². The molecule has 1 aromatic heterocycles. The van der Waals surface area contributed by atoms with Gasteiger partial charge in [0.05, 0.1) is 11.8 Å². The third-order valence-corrected chi connectivity index (χ3v) is 7.98. The number of rotatable bonds is 6. The molecule has 3 amide bonds. The van der Waals surface area contributed by atoms with Crippen molar-refractivity contribution >= 4 is 34.2 Å². The second-order valence-corrected chi connectivity index (χ2v) is 10.2. The number of anilines is 1. The van der Waals surface area contributed by atoms with Crippen LogP contribution in [0.15, 0.2) is 42.5 Å². The summed E-state index contributed by atoms with van der Waals surface area (Å²) in [6.07, 6.45) is 6.29. The molecule has 1 saturated carbocycles. The van der Waals surface area contributed by atoms with Crippen LogP contribution in [-0.4, -0.2) is 38.9 Å². The molecule has 2 bridgehead atoms. The van der Waals surface area contributed by atoms with Gasteiger partial charge < -0.3 is 0 Å². The zero-order chi connectivity index (χ0) is 22.4. The Morgan fingerprint density at radius 1 is 1.06 bits per heavy atom. The van der Waals surface area contributed by atoms with Crippen LogP contribution >= 0.6 is 11.3 Å². The van der Waals surface area contributed by atoms with E-state index in [9.17, 15) is 14.4 Å². The number of aromatic nitrogens is 2. The summed E-state index contributed by atoms with van der Waals surface area (Å²) in [5.74, 6) is -1.14. The summed E-state index contributed by atoms with van der Waals surface area (Å²) in [4.78, 5) is 41.7. The molecule has 6 rings (SSSR count). The molecule has 2 heterocycles. The van der Waals surface area contributed by atoms with Crippen LogP contribution in [0.1, 0.15) is 43.2 Å². The number of hydrogen-bond acceptors (Lipinski definition) is 6. The summed E-state index contributed by atoms with van der Waals surface area (Å²) in [5.41, 5.74) is 0.893. The standard InChI is InChI=1S/C24H26N4O3S/c1-13(2)21-26-27-24(32-21)25-20(29)17(12-14-6-4-3-5-7-14)28-22(30)18-15-8-9-16(11-10-15)19(18)23(28)31/h3-9,13,15-19H,10-12H2,1-2H3,(H,25,27,29)/t15-,16-,17+,18-,19+/m0/s1. The number of nitrogens with one attached hydrogen (secondary N) is 1. The Morgan fingerprint density at radius 3 is 2.22 bits per heavy atom. The van der Waals surface area contributed by atoms with Gasteiger partial charge in [-0.15, -0.1) is 10.2 Å². The fraction of sp³-hybridized carbons (Fsp3) is 0.458. The third kappa shape index (κ3) is 3.56. The Morgan fingerprint density at radius 2 is 1.69 bits per heavy atom. The molecule has 32 heavy (non-hydrogen) atoms. The first-order chi connectivity index (χ1) is 15.4. The van der Waals surface area contributed by atoms with Crippen molar-refractivity contribution in [2.45, 2.75) is 45.1 Å². The fourth-order valence-electron chi connectivity index (χ4n) is 5.25. The van der Waals surface area contributed by atoms with Gasteiger partial charge in [-0.1, -0.05) is 67.7 Å². The molecule has 166 valence electrons. The number of fused-ring (bicyclic) bond motifs is 1. The zero-order valence-corrected chi connectivity index (χ0v) is 18.9. The lowest BCUT2D eigenvalue weighted by molar-refractivity contribution is -0.146. The van der Waals surface area contributed by atoms with E-state index in [1.54, 1.807) is 0 Å². The molecule has 1 aliphatic heterocycles. The number of allylic oxidation sites excluding steroid dienone is 2. The lowest BCUT2D eigenvalue weighted by Crippen LogP contribution is -2.49. The molecule has 3 aliphatic carbocycles. The monoisotopic (exact) mass is 450 g/mol. The summed E-state index contributed by atoms with van der Waals surface area (Å²) < 4.78 is 0. The maximum atomic E-state index is 13.5. The van der Waals surface area contributed by atoms with Gasteiger partial charge in [0, 0.05) is 12.3 Å². The van der Waals surface area contributed by atoms with Crippen molar-refractivity contribution < 1.29 is 14.4 Å². The minimum atomic E-state index is -0.922. The number of carbonyl (C=O) groups excluding carboxylic acids is 3. The average Bonchev–Trinajstić information content (AvgIpc) is 3.38. The third-order valence-electron chi connectivity index (χ3n) is 6.84. The summed E-state index contributed by atoms with van der Waals surface area (Å²) in [6.45, 7) is 4.02. The molecule has 0 unspecified atom stereocenters. The Hall–Kier alpha value is -2.87. The SMILES string of the molecule is CC(C)c1nnc(NC(=O)[C@@H](Cc2ccccc2)N2C(=O)[C@@H]3[C@H](C2=O)[C@H]2C=C[C@H]3CC2)s1.